The lowest BCUT2D eigenvalue weighted by atomic mass is 9.77. The number of rotatable bonds is 7. The number of hydrogen-bond donors (Lipinski definition) is 0. The summed E-state index contributed by atoms with van der Waals surface area (Å²) >= 11 is 0. The quantitative estimate of drug-likeness (QED) is 0.279. The number of fused-ring (bicyclic) bond motifs is 1. The molecular formula is C28H23FN4O6. The molecule has 0 N–H and O–H groups in total. The van der Waals surface area contributed by atoms with Crippen molar-refractivity contribution in [2.75, 3.05) is 6.61 Å². The molecule has 0 saturated heterocycles. The molecule has 2 atom stereocenters. The molecule has 1 saturated carbocycles. The van der Waals surface area contributed by atoms with Gasteiger partial charge in [-0.05, 0) is 54.2 Å². The number of hydrazone groups is 1. The molecule has 0 spiro atoms. The summed E-state index contributed by atoms with van der Waals surface area (Å²) in [4.78, 5) is 35.2. The Morgan fingerprint density at radius 2 is 1.74 bits per heavy atom. The lowest BCUT2D eigenvalue weighted by molar-refractivity contribution is -0.385. The fourth-order valence-electron chi connectivity index (χ4n) is 5.06. The average Bonchev–Trinajstić information content (AvgIpc) is 3.33. The van der Waals surface area contributed by atoms with Crippen LogP contribution in [0, 0.1) is 32.0 Å². The average molecular weight is 531 g/mol. The van der Waals surface area contributed by atoms with Crippen LogP contribution in [-0.2, 0) is 4.79 Å². The first kappa shape index (κ1) is 25.7. The van der Waals surface area contributed by atoms with Crippen LogP contribution in [0.25, 0.3) is 6.08 Å². The minimum absolute atomic E-state index is 0.0401. The molecule has 3 aromatic rings. The van der Waals surface area contributed by atoms with E-state index in [1.54, 1.807) is 30.3 Å². The van der Waals surface area contributed by atoms with Gasteiger partial charge in [-0.15, -0.1) is 0 Å². The molecular weight excluding hydrogens is 507 g/mol. The molecule has 1 amide bonds. The van der Waals surface area contributed by atoms with E-state index in [1.165, 1.54) is 47.5 Å². The number of benzene rings is 3. The van der Waals surface area contributed by atoms with Gasteiger partial charge in [0.15, 0.2) is 18.2 Å². The number of non-ortho nitro benzene ring substituents is 2. The molecule has 1 aliphatic heterocycles. The number of nitrogens with zero attached hydrogens (tertiary/aromatic N) is 4. The van der Waals surface area contributed by atoms with Gasteiger partial charge in [0, 0.05) is 30.2 Å². The maximum atomic E-state index is 14.1. The predicted molar refractivity (Wildman–Crippen MR) is 140 cm³/mol. The number of carbonyl (C=O) groups excluding carboxylic acids is 1. The summed E-state index contributed by atoms with van der Waals surface area (Å²) in [5.74, 6) is -1.48. The molecule has 198 valence electrons. The van der Waals surface area contributed by atoms with Crippen LogP contribution in [0.15, 0.2) is 83.5 Å². The second-order valence-electron chi connectivity index (χ2n) is 9.26. The zero-order chi connectivity index (χ0) is 27.5. The lowest BCUT2D eigenvalue weighted by Crippen LogP contribution is -2.34. The predicted octanol–water partition coefficient (Wildman–Crippen LogP) is 5.84. The number of amides is 1. The summed E-state index contributed by atoms with van der Waals surface area (Å²) in [6, 6.07) is 17.4. The van der Waals surface area contributed by atoms with E-state index in [0.717, 1.165) is 12.0 Å². The highest BCUT2D eigenvalue weighted by atomic mass is 19.1. The van der Waals surface area contributed by atoms with Crippen LogP contribution in [0.5, 0.6) is 5.75 Å². The second kappa shape index (κ2) is 10.8. The Hall–Kier alpha value is -4.93. The van der Waals surface area contributed by atoms with Gasteiger partial charge in [-0.1, -0.05) is 36.4 Å². The van der Waals surface area contributed by atoms with Crippen molar-refractivity contribution in [3.63, 3.8) is 0 Å². The molecule has 39 heavy (non-hydrogen) atoms. The maximum absolute atomic E-state index is 14.1. The van der Waals surface area contributed by atoms with E-state index >= 15 is 0 Å². The van der Waals surface area contributed by atoms with Gasteiger partial charge in [0.1, 0.15) is 0 Å². The third-order valence-electron chi connectivity index (χ3n) is 6.79. The first-order valence-corrected chi connectivity index (χ1v) is 12.3. The molecule has 11 heteroatoms. The highest BCUT2D eigenvalue weighted by Crippen LogP contribution is 2.45. The molecule has 0 aromatic heterocycles. The lowest BCUT2D eigenvalue weighted by Gasteiger charge is -2.29. The van der Waals surface area contributed by atoms with Crippen molar-refractivity contribution in [1.82, 2.24) is 5.01 Å². The summed E-state index contributed by atoms with van der Waals surface area (Å²) in [6.07, 6.45) is 3.92. The van der Waals surface area contributed by atoms with Crippen LogP contribution < -0.4 is 4.74 Å². The van der Waals surface area contributed by atoms with Crippen molar-refractivity contribution in [2.45, 2.75) is 25.3 Å². The van der Waals surface area contributed by atoms with Gasteiger partial charge in [-0.3, -0.25) is 25.0 Å². The molecule has 10 nitrogen and oxygen atoms in total. The smallest absolute Gasteiger partial charge is 0.281 e. The summed E-state index contributed by atoms with van der Waals surface area (Å²) < 4.78 is 19.5. The standard InChI is InChI=1S/C28H23FN4O6/c29-24-12-1-2-13-25(24)39-17-26(34)31-28(20-8-4-10-22(16-20)33(37)38)23-11-5-7-19(27(23)30-31)14-18-6-3-9-21(15-18)32(35)36/h1-4,6,8-10,12-16,23,28H,5,7,11,17H2/b19-14-. The Morgan fingerprint density at radius 1 is 1.03 bits per heavy atom. The maximum Gasteiger partial charge on any atom is 0.281 e. The molecule has 2 unspecified atom stereocenters. The van der Waals surface area contributed by atoms with Crippen molar-refractivity contribution in [3.05, 3.63) is 116 Å². The van der Waals surface area contributed by atoms with Gasteiger partial charge >= 0.3 is 0 Å². The molecule has 2 aliphatic rings. The second-order valence-corrected chi connectivity index (χ2v) is 9.26. The molecule has 0 radical (unpaired) electrons. The molecule has 1 heterocycles. The number of nitro benzene ring substituents is 2. The zero-order valence-corrected chi connectivity index (χ0v) is 20.6. The largest absolute Gasteiger partial charge is 0.481 e. The fourth-order valence-corrected chi connectivity index (χ4v) is 5.06. The SMILES string of the molecule is O=C(COc1ccccc1F)N1N=C2/C(=C\c3cccc([N+](=O)[O-])c3)CCCC2C1c1cccc([N+](=O)[O-])c1. The summed E-state index contributed by atoms with van der Waals surface area (Å²) in [6.45, 7) is -0.486. The number of ether oxygens (including phenoxy) is 1. The molecule has 3 aromatic carbocycles. The van der Waals surface area contributed by atoms with E-state index in [4.69, 9.17) is 4.74 Å². The van der Waals surface area contributed by atoms with Crippen LogP contribution in [0.3, 0.4) is 0 Å². The Balaban J connectivity index is 1.51. The van der Waals surface area contributed by atoms with Gasteiger partial charge in [0.05, 0.1) is 21.6 Å². The third-order valence-corrected chi connectivity index (χ3v) is 6.79. The van der Waals surface area contributed by atoms with Crippen molar-refractivity contribution in [2.24, 2.45) is 11.0 Å². The molecule has 5 rings (SSSR count). The third kappa shape index (κ3) is 5.37. The highest BCUT2D eigenvalue weighted by Gasteiger charge is 2.44. The fraction of sp³-hybridized carbons (Fsp3) is 0.214. The van der Waals surface area contributed by atoms with Crippen LogP contribution in [0.4, 0.5) is 15.8 Å². The van der Waals surface area contributed by atoms with Gasteiger partial charge < -0.3 is 4.74 Å². The van der Waals surface area contributed by atoms with E-state index in [9.17, 15) is 29.4 Å². The van der Waals surface area contributed by atoms with E-state index < -0.39 is 34.2 Å². The number of hydrogen-bond acceptors (Lipinski definition) is 7. The highest BCUT2D eigenvalue weighted by molar-refractivity contribution is 6.08. The summed E-state index contributed by atoms with van der Waals surface area (Å²) in [5, 5.41) is 28.6. The first-order chi connectivity index (χ1) is 18.8. The number of carbonyl (C=O) groups is 1. The first-order valence-electron chi connectivity index (χ1n) is 12.3. The van der Waals surface area contributed by atoms with Crippen molar-refractivity contribution >= 4 is 29.1 Å². The number of nitro groups is 2. The minimum Gasteiger partial charge on any atom is -0.481 e. The molecule has 1 aliphatic carbocycles. The van der Waals surface area contributed by atoms with E-state index in [0.29, 0.717) is 29.7 Å². The van der Waals surface area contributed by atoms with Crippen LogP contribution >= 0.6 is 0 Å². The monoisotopic (exact) mass is 530 g/mol. The Morgan fingerprint density at radius 3 is 2.49 bits per heavy atom. The normalized spacial score (nSPS) is 19.4. The number of para-hydroxylation sites is 1. The van der Waals surface area contributed by atoms with Gasteiger partial charge in [0.2, 0.25) is 0 Å². The number of halogens is 1. The Bertz CT molecular complexity index is 1520. The van der Waals surface area contributed by atoms with Crippen LogP contribution in [-0.4, -0.2) is 33.1 Å². The van der Waals surface area contributed by atoms with Gasteiger partial charge in [-0.2, -0.15) is 5.10 Å². The zero-order valence-electron chi connectivity index (χ0n) is 20.6. The molecule has 0 bridgehead atoms. The summed E-state index contributed by atoms with van der Waals surface area (Å²) in [7, 11) is 0. The number of allylic oxidation sites excluding steroid dienone is 1. The van der Waals surface area contributed by atoms with Crippen molar-refractivity contribution < 1.29 is 23.8 Å². The minimum atomic E-state index is -0.634. The summed E-state index contributed by atoms with van der Waals surface area (Å²) in [5.41, 5.74) is 2.49. The Labute approximate surface area is 222 Å². The van der Waals surface area contributed by atoms with E-state index in [-0.39, 0.29) is 23.0 Å². The van der Waals surface area contributed by atoms with Gasteiger partial charge in [0.25, 0.3) is 17.3 Å². The van der Waals surface area contributed by atoms with E-state index in [1.807, 2.05) is 6.08 Å². The topological polar surface area (TPSA) is 128 Å². The van der Waals surface area contributed by atoms with Gasteiger partial charge in [-0.25, -0.2) is 9.40 Å². The Kier molecular flexibility index (Phi) is 7.13. The van der Waals surface area contributed by atoms with Crippen LogP contribution in [0.2, 0.25) is 0 Å². The van der Waals surface area contributed by atoms with Crippen LogP contribution in [0.1, 0.15) is 36.4 Å². The van der Waals surface area contributed by atoms with E-state index in [2.05, 4.69) is 5.10 Å². The van der Waals surface area contributed by atoms with Crippen molar-refractivity contribution in [1.29, 1.82) is 0 Å². The molecule has 1 fully saturated rings. The van der Waals surface area contributed by atoms with Crippen molar-refractivity contribution in [3.8, 4) is 5.75 Å².